The molecule has 0 saturated carbocycles. The molecule has 1 aliphatic heterocycles. The van der Waals surface area contributed by atoms with Crippen LogP contribution >= 0.6 is 0 Å². The van der Waals surface area contributed by atoms with Crippen LogP contribution < -0.4 is 4.74 Å². The third-order valence-corrected chi connectivity index (χ3v) is 3.37. The lowest BCUT2D eigenvalue weighted by molar-refractivity contribution is 0.225. The van der Waals surface area contributed by atoms with Crippen LogP contribution in [0.1, 0.15) is 11.1 Å². The lowest BCUT2D eigenvalue weighted by atomic mass is 9.99. The summed E-state index contributed by atoms with van der Waals surface area (Å²) in [5.41, 5.74) is 2.90. The van der Waals surface area contributed by atoms with Gasteiger partial charge in [0.05, 0.1) is 7.11 Å². The van der Waals surface area contributed by atoms with Gasteiger partial charge in [-0.05, 0) is 43.8 Å². The van der Waals surface area contributed by atoms with Gasteiger partial charge in [0, 0.05) is 26.2 Å². The lowest BCUT2D eigenvalue weighted by Crippen LogP contribution is -2.35. The number of methoxy groups -OCH3 is 1. The first-order valence-corrected chi connectivity index (χ1v) is 6.22. The van der Waals surface area contributed by atoms with Gasteiger partial charge in [0.1, 0.15) is 5.75 Å². The van der Waals surface area contributed by atoms with Crippen LogP contribution in [0.2, 0.25) is 0 Å². The number of fused-ring (bicyclic) bond motifs is 1. The average Bonchev–Trinajstić information content (AvgIpc) is 2.35. The zero-order valence-electron chi connectivity index (χ0n) is 11.1. The third-order valence-electron chi connectivity index (χ3n) is 3.37. The number of likely N-dealkylation sites (N-methyl/N-ethyl adjacent to an activating group) is 1. The lowest BCUT2D eigenvalue weighted by Gasteiger charge is -2.29. The molecule has 0 saturated heterocycles. The second-order valence-electron chi connectivity index (χ2n) is 4.96. The van der Waals surface area contributed by atoms with Crippen molar-refractivity contribution in [2.45, 2.75) is 13.0 Å². The van der Waals surface area contributed by atoms with Crippen LogP contribution in [0, 0.1) is 0 Å². The second-order valence-corrected chi connectivity index (χ2v) is 4.96. The Bertz CT molecular complexity index is 376. The largest absolute Gasteiger partial charge is 0.497 e. The summed E-state index contributed by atoms with van der Waals surface area (Å²) in [4.78, 5) is 4.76. The van der Waals surface area contributed by atoms with Crippen molar-refractivity contribution in [1.29, 1.82) is 0 Å². The van der Waals surface area contributed by atoms with Crippen molar-refractivity contribution >= 4 is 0 Å². The Morgan fingerprint density at radius 1 is 1.29 bits per heavy atom. The summed E-state index contributed by atoms with van der Waals surface area (Å²) in [5.74, 6) is 0.977. The Hall–Kier alpha value is -1.06. The standard InChI is InChI=1S/C14H22N2O/c1-15(2)8-9-16-7-6-12-10-14(17-3)5-4-13(12)11-16/h4-5,10H,6-9,11H2,1-3H3. The third kappa shape index (κ3) is 3.20. The van der Waals surface area contributed by atoms with Gasteiger partial charge >= 0.3 is 0 Å². The number of hydrogen-bond acceptors (Lipinski definition) is 3. The molecule has 1 aromatic rings. The predicted molar refractivity (Wildman–Crippen MR) is 70.5 cm³/mol. The minimum Gasteiger partial charge on any atom is -0.497 e. The minimum absolute atomic E-state index is 0.977. The van der Waals surface area contributed by atoms with Gasteiger partial charge in [0.2, 0.25) is 0 Å². The normalized spacial score (nSPS) is 16.0. The van der Waals surface area contributed by atoms with E-state index in [1.54, 1.807) is 7.11 Å². The molecule has 0 atom stereocenters. The van der Waals surface area contributed by atoms with Gasteiger partial charge in [0.25, 0.3) is 0 Å². The molecule has 1 aliphatic rings. The van der Waals surface area contributed by atoms with E-state index in [1.165, 1.54) is 11.1 Å². The van der Waals surface area contributed by atoms with Crippen LogP contribution in [0.4, 0.5) is 0 Å². The molecule has 94 valence electrons. The van der Waals surface area contributed by atoms with Gasteiger partial charge < -0.3 is 9.64 Å². The SMILES string of the molecule is COc1ccc2c(c1)CCN(CCN(C)C)C2. The van der Waals surface area contributed by atoms with Gasteiger partial charge in [-0.2, -0.15) is 0 Å². The fraction of sp³-hybridized carbons (Fsp3) is 0.571. The minimum atomic E-state index is 0.977. The summed E-state index contributed by atoms with van der Waals surface area (Å²) in [6.07, 6.45) is 1.14. The molecule has 0 amide bonds. The number of rotatable bonds is 4. The highest BCUT2D eigenvalue weighted by atomic mass is 16.5. The van der Waals surface area contributed by atoms with E-state index in [1.807, 2.05) is 0 Å². The fourth-order valence-corrected chi connectivity index (χ4v) is 2.25. The van der Waals surface area contributed by atoms with E-state index in [0.717, 1.165) is 38.3 Å². The topological polar surface area (TPSA) is 15.7 Å². The van der Waals surface area contributed by atoms with Crippen molar-refractivity contribution in [3.05, 3.63) is 29.3 Å². The predicted octanol–water partition coefficient (Wildman–Crippen LogP) is 1.61. The van der Waals surface area contributed by atoms with E-state index >= 15 is 0 Å². The fourth-order valence-electron chi connectivity index (χ4n) is 2.25. The van der Waals surface area contributed by atoms with Gasteiger partial charge in [0.15, 0.2) is 0 Å². The van der Waals surface area contributed by atoms with Crippen molar-refractivity contribution in [3.8, 4) is 5.75 Å². The molecule has 1 aromatic carbocycles. The van der Waals surface area contributed by atoms with Gasteiger partial charge in [-0.1, -0.05) is 6.07 Å². The zero-order valence-corrected chi connectivity index (χ0v) is 11.1. The van der Waals surface area contributed by atoms with Crippen LogP contribution in [-0.2, 0) is 13.0 Å². The monoisotopic (exact) mass is 234 g/mol. The molecule has 3 heteroatoms. The number of hydrogen-bond donors (Lipinski definition) is 0. The highest BCUT2D eigenvalue weighted by Crippen LogP contribution is 2.23. The van der Waals surface area contributed by atoms with E-state index < -0.39 is 0 Å². The van der Waals surface area contributed by atoms with Gasteiger partial charge in [-0.25, -0.2) is 0 Å². The summed E-state index contributed by atoms with van der Waals surface area (Å²) < 4.78 is 5.27. The quantitative estimate of drug-likeness (QED) is 0.787. The molecule has 0 aliphatic carbocycles. The molecule has 0 bridgehead atoms. The van der Waals surface area contributed by atoms with E-state index in [9.17, 15) is 0 Å². The first-order valence-electron chi connectivity index (χ1n) is 6.22. The summed E-state index contributed by atoms with van der Waals surface area (Å²) in [6.45, 7) is 4.52. The van der Waals surface area contributed by atoms with Crippen LogP contribution in [-0.4, -0.2) is 50.6 Å². The van der Waals surface area contributed by atoms with Crippen LogP contribution in [0.3, 0.4) is 0 Å². The summed E-state index contributed by atoms with van der Waals surface area (Å²) >= 11 is 0. The summed E-state index contributed by atoms with van der Waals surface area (Å²) in [6, 6.07) is 6.45. The van der Waals surface area contributed by atoms with E-state index in [4.69, 9.17) is 4.74 Å². The van der Waals surface area contributed by atoms with E-state index in [2.05, 4.69) is 42.1 Å². The highest BCUT2D eigenvalue weighted by molar-refractivity contribution is 5.37. The first-order chi connectivity index (χ1) is 8.19. The summed E-state index contributed by atoms with van der Waals surface area (Å²) in [7, 11) is 5.99. The molecule has 0 aromatic heterocycles. The maximum absolute atomic E-state index is 5.27. The molecule has 0 spiro atoms. The average molecular weight is 234 g/mol. The Balaban J connectivity index is 1.99. The smallest absolute Gasteiger partial charge is 0.119 e. The Morgan fingerprint density at radius 2 is 2.12 bits per heavy atom. The molecule has 0 fully saturated rings. The van der Waals surface area contributed by atoms with E-state index in [-0.39, 0.29) is 0 Å². The van der Waals surface area contributed by atoms with Gasteiger partial charge in [-0.15, -0.1) is 0 Å². The molecular weight excluding hydrogens is 212 g/mol. The number of nitrogens with zero attached hydrogens (tertiary/aromatic N) is 2. The maximum Gasteiger partial charge on any atom is 0.119 e. The van der Waals surface area contributed by atoms with Gasteiger partial charge in [-0.3, -0.25) is 4.90 Å². The molecule has 2 rings (SSSR count). The Kier molecular flexibility index (Phi) is 4.02. The van der Waals surface area contributed by atoms with Crippen molar-refractivity contribution in [2.75, 3.05) is 40.8 Å². The maximum atomic E-state index is 5.27. The van der Waals surface area contributed by atoms with Crippen molar-refractivity contribution in [1.82, 2.24) is 9.80 Å². The second kappa shape index (κ2) is 5.52. The molecular formula is C14H22N2O. The number of benzene rings is 1. The molecule has 3 nitrogen and oxygen atoms in total. The van der Waals surface area contributed by atoms with Crippen LogP contribution in [0.15, 0.2) is 18.2 Å². The van der Waals surface area contributed by atoms with E-state index in [0.29, 0.717) is 0 Å². The zero-order chi connectivity index (χ0) is 12.3. The molecule has 0 unspecified atom stereocenters. The Morgan fingerprint density at radius 3 is 2.82 bits per heavy atom. The molecule has 0 radical (unpaired) electrons. The molecule has 1 heterocycles. The summed E-state index contributed by atoms with van der Waals surface area (Å²) in [5, 5.41) is 0. The molecule has 17 heavy (non-hydrogen) atoms. The van der Waals surface area contributed by atoms with Crippen LogP contribution in [0.5, 0.6) is 5.75 Å². The van der Waals surface area contributed by atoms with Crippen molar-refractivity contribution < 1.29 is 4.74 Å². The van der Waals surface area contributed by atoms with Crippen molar-refractivity contribution in [2.24, 2.45) is 0 Å². The Labute approximate surface area is 104 Å². The van der Waals surface area contributed by atoms with Crippen molar-refractivity contribution in [3.63, 3.8) is 0 Å². The number of ether oxygens (including phenoxy) is 1. The van der Waals surface area contributed by atoms with Crippen LogP contribution in [0.25, 0.3) is 0 Å². The highest BCUT2D eigenvalue weighted by Gasteiger charge is 2.16. The molecule has 0 N–H and O–H groups in total. The first kappa shape index (κ1) is 12.4.